The molecule has 2 nitrogen and oxygen atoms in total. The van der Waals surface area contributed by atoms with E-state index in [-0.39, 0.29) is 0 Å². The molecule has 0 saturated carbocycles. The highest BCUT2D eigenvalue weighted by Gasteiger charge is 2.14. The van der Waals surface area contributed by atoms with E-state index >= 15 is 0 Å². The van der Waals surface area contributed by atoms with E-state index in [9.17, 15) is 0 Å². The minimum absolute atomic E-state index is 0.870. The van der Waals surface area contributed by atoms with Crippen molar-refractivity contribution in [1.82, 2.24) is 9.97 Å². The molecule has 0 spiro atoms. The molecule has 0 fully saturated rings. The average Bonchev–Trinajstić information content (AvgIpc) is 3.61. The number of benzene rings is 9. The van der Waals surface area contributed by atoms with Crippen molar-refractivity contribution in [2.24, 2.45) is 0 Å². The van der Waals surface area contributed by atoms with Crippen LogP contribution < -0.4 is 0 Å². The lowest BCUT2D eigenvalue weighted by Crippen LogP contribution is -1.92. The van der Waals surface area contributed by atoms with Crippen molar-refractivity contribution in [3.8, 4) is 44.6 Å². The van der Waals surface area contributed by atoms with E-state index in [0.717, 1.165) is 44.2 Å². The van der Waals surface area contributed by atoms with Crippen LogP contribution in [-0.2, 0) is 0 Å². The minimum Gasteiger partial charge on any atom is -0.252 e. The van der Waals surface area contributed by atoms with Gasteiger partial charge in [0, 0.05) is 36.5 Å². The molecule has 0 bridgehead atoms. The zero-order valence-corrected chi connectivity index (χ0v) is 29.4. The first-order valence-corrected chi connectivity index (χ1v) is 18.8. The molecule has 2 heterocycles. The van der Waals surface area contributed by atoms with Crippen molar-refractivity contribution >= 4 is 74.9 Å². The van der Waals surface area contributed by atoms with Gasteiger partial charge in [-0.1, -0.05) is 152 Å². The highest BCUT2D eigenvalue weighted by Crippen LogP contribution is 2.40. The Labute approximate surface area is 310 Å². The van der Waals surface area contributed by atoms with Crippen LogP contribution in [0.1, 0.15) is 0 Å². The Hall–Kier alpha value is -6.68. The maximum absolute atomic E-state index is 5.23. The van der Waals surface area contributed by atoms with E-state index in [4.69, 9.17) is 9.97 Å². The number of hydrogen-bond acceptors (Lipinski definition) is 3. The monoisotopic (exact) mass is 690 g/mol. The van der Waals surface area contributed by atoms with Gasteiger partial charge < -0.3 is 0 Å². The van der Waals surface area contributed by atoms with E-state index in [2.05, 4.69) is 176 Å². The molecule has 53 heavy (non-hydrogen) atoms. The van der Waals surface area contributed by atoms with E-state index < -0.39 is 0 Å². The van der Waals surface area contributed by atoms with Crippen molar-refractivity contribution in [3.63, 3.8) is 0 Å². The number of aromatic nitrogens is 2. The summed E-state index contributed by atoms with van der Waals surface area (Å²) in [5, 5.41) is 9.83. The normalized spacial score (nSPS) is 11.8. The highest BCUT2D eigenvalue weighted by molar-refractivity contribution is 7.25. The van der Waals surface area contributed by atoms with Gasteiger partial charge in [-0.05, 0) is 79.2 Å². The third kappa shape index (κ3) is 4.86. The second-order valence-corrected chi connectivity index (χ2v) is 14.8. The fourth-order valence-corrected chi connectivity index (χ4v) is 9.26. The first-order valence-electron chi connectivity index (χ1n) is 18.0. The predicted molar refractivity (Wildman–Crippen MR) is 227 cm³/mol. The lowest BCUT2D eigenvalue weighted by molar-refractivity contribution is 1.31. The standard InChI is InChI=1S/C50H30N2S/c1-3-15-43-40(12-1)41-13-2-4-16-44(41)50-49(43)51-30-46(52-50)35-11-7-10-33(28-35)31-22-24-32(25-23-31)36-17-8-20-39-37(18-9-19-38(36)39)34-26-27-48-45(29-34)42-14-5-6-21-47(42)53-48/h1-30H. The Balaban J connectivity index is 0.953. The Morgan fingerprint density at radius 2 is 0.868 bits per heavy atom. The molecule has 246 valence electrons. The van der Waals surface area contributed by atoms with Gasteiger partial charge in [0.25, 0.3) is 0 Å². The number of fused-ring (bicyclic) bond motifs is 10. The second-order valence-electron chi connectivity index (χ2n) is 13.7. The number of rotatable bonds is 4. The maximum Gasteiger partial charge on any atom is 0.0979 e. The molecule has 11 rings (SSSR count). The van der Waals surface area contributed by atoms with Gasteiger partial charge in [-0.15, -0.1) is 11.3 Å². The topological polar surface area (TPSA) is 25.8 Å². The summed E-state index contributed by atoms with van der Waals surface area (Å²) in [6, 6.07) is 63.6. The maximum atomic E-state index is 5.23. The summed E-state index contributed by atoms with van der Waals surface area (Å²) >= 11 is 1.86. The smallest absolute Gasteiger partial charge is 0.0979 e. The van der Waals surface area contributed by atoms with E-state index in [1.54, 1.807) is 0 Å². The van der Waals surface area contributed by atoms with Crippen LogP contribution >= 0.6 is 11.3 Å². The predicted octanol–water partition coefficient (Wildman–Crippen LogP) is 14.1. The molecule has 0 N–H and O–H groups in total. The molecule has 11 aromatic rings. The highest BCUT2D eigenvalue weighted by atomic mass is 32.1. The van der Waals surface area contributed by atoms with Gasteiger partial charge in [-0.2, -0.15) is 0 Å². The molecule has 0 amide bonds. The molecular formula is C50H30N2S. The zero-order valence-electron chi connectivity index (χ0n) is 28.6. The van der Waals surface area contributed by atoms with Gasteiger partial charge in [-0.3, -0.25) is 4.98 Å². The third-order valence-electron chi connectivity index (χ3n) is 10.7. The van der Waals surface area contributed by atoms with Crippen LogP contribution in [0.2, 0.25) is 0 Å². The van der Waals surface area contributed by atoms with Crippen molar-refractivity contribution in [2.45, 2.75) is 0 Å². The van der Waals surface area contributed by atoms with Crippen LogP contribution in [0.25, 0.3) is 108 Å². The summed E-state index contributed by atoms with van der Waals surface area (Å²) in [6.07, 6.45) is 1.92. The number of hydrogen-bond donors (Lipinski definition) is 0. The Kier molecular flexibility index (Phi) is 6.76. The fraction of sp³-hybridized carbons (Fsp3) is 0. The van der Waals surface area contributed by atoms with Crippen LogP contribution in [-0.4, -0.2) is 9.97 Å². The lowest BCUT2D eigenvalue weighted by Gasteiger charge is -2.13. The molecule has 2 aromatic heterocycles. The van der Waals surface area contributed by atoms with Gasteiger partial charge in [0.2, 0.25) is 0 Å². The van der Waals surface area contributed by atoms with Gasteiger partial charge in [0.05, 0.1) is 22.9 Å². The molecule has 3 heteroatoms. The molecule has 0 unspecified atom stereocenters. The number of thiophene rings is 1. The molecule has 0 aliphatic rings. The first-order chi connectivity index (χ1) is 26.3. The fourth-order valence-electron chi connectivity index (χ4n) is 8.17. The summed E-state index contributed by atoms with van der Waals surface area (Å²) in [5.74, 6) is 0. The average molecular weight is 691 g/mol. The molecule has 0 aliphatic carbocycles. The molecule has 9 aromatic carbocycles. The van der Waals surface area contributed by atoms with E-state index in [0.29, 0.717) is 0 Å². The summed E-state index contributed by atoms with van der Waals surface area (Å²) in [6.45, 7) is 0. The Bertz CT molecular complexity index is 3190. The van der Waals surface area contributed by atoms with Gasteiger partial charge in [-0.25, -0.2) is 4.98 Å². The van der Waals surface area contributed by atoms with Crippen molar-refractivity contribution < 1.29 is 0 Å². The number of nitrogens with zero attached hydrogens (tertiary/aromatic N) is 2. The molecule has 0 radical (unpaired) electrons. The van der Waals surface area contributed by atoms with Crippen LogP contribution in [0.5, 0.6) is 0 Å². The Morgan fingerprint density at radius 3 is 1.62 bits per heavy atom. The minimum atomic E-state index is 0.870. The quantitative estimate of drug-likeness (QED) is 0.172. The van der Waals surface area contributed by atoms with Gasteiger partial charge in [0.15, 0.2) is 0 Å². The van der Waals surface area contributed by atoms with E-state index in [1.807, 2.05) is 17.5 Å². The summed E-state index contributed by atoms with van der Waals surface area (Å²) in [5.41, 5.74) is 11.0. The SMILES string of the molecule is c1cc(-c2ccc(-c3cccc4c(-c5ccc6sc7ccccc7c6c5)cccc34)cc2)cc(-c2cnc3c4ccccc4c4ccccc4c3n2)c1. The molecule has 0 atom stereocenters. The van der Waals surface area contributed by atoms with Crippen LogP contribution in [0.3, 0.4) is 0 Å². The van der Waals surface area contributed by atoms with E-state index in [1.165, 1.54) is 64.0 Å². The largest absolute Gasteiger partial charge is 0.252 e. The van der Waals surface area contributed by atoms with Gasteiger partial charge >= 0.3 is 0 Å². The lowest BCUT2D eigenvalue weighted by atomic mass is 9.91. The molecular weight excluding hydrogens is 661 g/mol. The summed E-state index contributed by atoms with van der Waals surface area (Å²) in [4.78, 5) is 10.2. The second kappa shape index (κ2) is 11.9. The van der Waals surface area contributed by atoms with Crippen LogP contribution in [0.4, 0.5) is 0 Å². The zero-order chi connectivity index (χ0) is 34.9. The van der Waals surface area contributed by atoms with Gasteiger partial charge in [0.1, 0.15) is 0 Å². The molecule has 0 aliphatic heterocycles. The summed E-state index contributed by atoms with van der Waals surface area (Å²) in [7, 11) is 0. The van der Waals surface area contributed by atoms with Crippen molar-refractivity contribution in [3.05, 3.63) is 182 Å². The molecule has 0 saturated heterocycles. The van der Waals surface area contributed by atoms with Crippen molar-refractivity contribution in [1.29, 1.82) is 0 Å². The Morgan fingerprint density at radius 1 is 0.321 bits per heavy atom. The third-order valence-corrected chi connectivity index (χ3v) is 11.9. The summed E-state index contributed by atoms with van der Waals surface area (Å²) < 4.78 is 2.66. The van der Waals surface area contributed by atoms with Crippen molar-refractivity contribution in [2.75, 3.05) is 0 Å². The van der Waals surface area contributed by atoms with Crippen LogP contribution in [0, 0.1) is 0 Å². The van der Waals surface area contributed by atoms with Crippen LogP contribution in [0.15, 0.2) is 182 Å². The first kappa shape index (κ1) is 30.0.